The second-order valence-corrected chi connectivity index (χ2v) is 7.49. The van der Waals surface area contributed by atoms with Crippen molar-refractivity contribution in [1.29, 1.82) is 0 Å². The van der Waals surface area contributed by atoms with Crippen molar-refractivity contribution < 1.29 is 5.11 Å². The van der Waals surface area contributed by atoms with Gasteiger partial charge in [0.15, 0.2) is 5.96 Å². The fourth-order valence-corrected chi connectivity index (χ4v) is 3.03. The zero-order valence-electron chi connectivity index (χ0n) is 14.4. The predicted octanol–water partition coefficient (Wildman–Crippen LogP) is 3.05. The van der Waals surface area contributed by atoms with E-state index in [0.29, 0.717) is 18.5 Å². The second kappa shape index (κ2) is 8.62. The molecule has 4 heteroatoms. The standard InChI is InChI=1S/C17H35N3O/c1-13(2)8-7-9-14(3)20-16(18)19-12-17(4)11-6-5-10-15(17)21/h13-15,21H,5-12H2,1-4H3,(H3,18,19,20). The molecule has 3 atom stereocenters. The topological polar surface area (TPSA) is 70.6 Å². The minimum atomic E-state index is -0.244. The molecule has 1 fully saturated rings. The molecule has 4 N–H and O–H groups in total. The molecule has 0 radical (unpaired) electrons. The van der Waals surface area contributed by atoms with Gasteiger partial charge in [0.2, 0.25) is 0 Å². The van der Waals surface area contributed by atoms with Crippen LogP contribution in [0.3, 0.4) is 0 Å². The molecule has 0 aromatic heterocycles. The number of aliphatic hydroxyl groups excluding tert-OH is 1. The summed E-state index contributed by atoms with van der Waals surface area (Å²) >= 11 is 0. The van der Waals surface area contributed by atoms with Gasteiger partial charge < -0.3 is 16.2 Å². The van der Waals surface area contributed by atoms with Crippen LogP contribution in [0.25, 0.3) is 0 Å². The first-order chi connectivity index (χ1) is 9.83. The molecule has 21 heavy (non-hydrogen) atoms. The number of guanidine groups is 1. The van der Waals surface area contributed by atoms with E-state index in [1.807, 2.05) is 0 Å². The van der Waals surface area contributed by atoms with E-state index in [4.69, 9.17) is 5.73 Å². The SMILES string of the molecule is CC(C)CCCC(C)NC(N)=NCC1(C)CCCCC1O. The van der Waals surface area contributed by atoms with Crippen LogP contribution in [0.4, 0.5) is 0 Å². The maximum atomic E-state index is 10.2. The Kier molecular flexibility index (Phi) is 7.50. The Morgan fingerprint density at radius 2 is 2.05 bits per heavy atom. The molecule has 0 aromatic carbocycles. The third-order valence-corrected chi connectivity index (χ3v) is 4.70. The first kappa shape index (κ1) is 18.3. The Balaban J connectivity index is 2.34. The molecule has 0 spiro atoms. The number of hydrogen-bond donors (Lipinski definition) is 3. The number of hydrogen-bond acceptors (Lipinski definition) is 2. The molecule has 3 unspecified atom stereocenters. The summed E-state index contributed by atoms with van der Waals surface area (Å²) in [6.45, 7) is 9.40. The normalized spacial score (nSPS) is 28.7. The Bertz CT molecular complexity index is 330. The van der Waals surface area contributed by atoms with E-state index in [1.165, 1.54) is 19.3 Å². The van der Waals surface area contributed by atoms with Crippen molar-refractivity contribution in [3.63, 3.8) is 0 Å². The largest absolute Gasteiger partial charge is 0.392 e. The van der Waals surface area contributed by atoms with E-state index in [1.54, 1.807) is 0 Å². The van der Waals surface area contributed by atoms with Crippen LogP contribution in [-0.4, -0.2) is 29.8 Å². The maximum Gasteiger partial charge on any atom is 0.188 e. The molecule has 1 rings (SSSR count). The lowest BCUT2D eigenvalue weighted by atomic mass is 9.73. The first-order valence-electron chi connectivity index (χ1n) is 8.58. The average molecular weight is 297 g/mol. The average Bonchev–Trinajstić information content (AvgIpc) is 2.40. The smallest absolute Gasteiger partial charge is 0.188 e. The molecular formula is C17H35N3O. The predicted molar refractivity (Wildman–Crippen MR) is 90.4 cm³/mol. The van der Waals surface area contributed by atoms with Crippen LogP contribution in [0.1, 0.15) is 72.6 Å². The lowest BCUT2D eigenvalue weighted by Gasteiger charge is -2.37. The highest BCUT2D eigenvalue weighted by molar-refractivity contribution is 5.78. The van der Waals surface area contributed by atoms with Gasteiger partial charge in [0.1, 0.15) is 0 Å². The summed E-state index contributed by atoms with van der Waals surface area (Å²) in [4.78, 5) is 4.48. The zero-order chi connectivity index (χ0) is 15.9. The van der Waals surface area contributed by atoms with Gasteiger partial charge in [-0.05, 0) is 32.1 Å². The van der Waals surface area contributed by atoms with Crippen molar-refractivity contribution in [2.45, 2.75) is 84.8 Å². The summed E-state index contributed by atoms with van der Waals surface area (Å²) in [7, 11) is 0. The molecule has 4 nitrogen and oxygen atoms in total. The van der Waals surface area contributed by atoms with Gasteiger partial charge in [-0.3, -0.25) is 4.99 Å². The second-order valence-electron chi connectivity index (χ2n) is 7.49. The van der Waals surface area contributed by atoms with Gasteiger partial charge in [0, 0.05) is 11.5 Å². The number of aliphatic hydroxyl groups is 1. The van der Waals surface area contributed by atoms with E-state index in [-0.39, 0.29) is 11.5 Å². The van der Waals surface area contributed by atoms with Crippen molar-refractivity contribution in [3.8, 4) is 0 Å². The van der Waals surface area contributed by atoms with Crippen LogP contribution < -0.4 is 11.1 Å². The van der Waals surface area contributed by atoms with Crippen molar-refractivity contribution in [2.75, 3.05) is 6.54 Å². The van der Waals surface area contributed by atoms with Crippen LogP contribution in [0.2, 0.25) is 0 Å². The maximum absolute atomic E-state index is 10.2. The minimum absolute atomic E-state index is 0.106. The Labute approximate surface area is 130 Å². The van der Waals surface area contributed by atoms with Gasteiger partial charge in [0.05, 0.1) is 12.6 Å². The summed E-state index contributed by atoms with van der Waals surface area (Å²) in [5.41, 5.74) is 5.88. The summed E-state index contributed by atoms with van der Waals surface area (Å²) in [6, 6.07) is 0.358. The van der Waals surface area contributed by atoms with E-state index >= 15 is 0 Å². The molecule has 124 valence electrons. The molecular weight excluding hydrogens is 262 g/mol. The highest BCUT2D eigenvalue weighted by atomic mass is 16.3. The van der Waals surface area contributed by atoms with Crippen LogP contribution in [-0.2, 0) is 0 Å². The van der Waals surface area contributed by atoms with Crippen LogP contribution in [0.15, 0.2) is 4.99 Å². The highest BCUT2D eigenvalue weighted by Crippen LogP contribution is 2.36. The van der Waals surface area contributed by atoms with Gasteiger partial charge in [-0.1, -0.05) is 46.5 Å². The molecule has 1 saturated carbocycles. The van der Waals surface area contributed by atoms with E-state index in [9.17, 15) is 5.11 Å². The molecule has 1 aliphatic rings. The van der Waals surface area contributed by atoms with Gasteiger partial charge in [-0.25, -0.2) is 0 Å². The monoisotopic (exact) mass is 297 g/mol. The molecule has 0 aromatic rings. The first-order valence-corrected chi connectivity index (χ1v) is 8.58. The molecule has 0 amide bonds. The van der Waals surface area contributed by atoms with Crippen molar-refractivity contribution in [2.24, 2.45) is 22.1 Å². The lowest BCUT2D eigenvalue weighted by Crippen LogP contribution is -2.42. The third kappa shape index (κ3) is 6.68. The van der Waals surface area contributed by atoms with Gasteiger partial charge in [-0.15, -0.1) is 0 Å². The van der Waals surface area contributed by atoms with Crippen molar-refractivity contribution >= 4 is 5.96 Å². The number of rotatable bonds is 7. The van der Waals surface area contributed by atoms with Crippen LogP contribution >= 0.6 is 0 Å². The quantitative estimate of drug-likeness (QED) is 0.499. The number of nitrogens with zero attached hydrogens (tertiary/aromatic N) is 1. The molecule has 0 aliphatic heterocycles. The Morgan fingerprint density at radius 1 is 1.33 bits per heavy atom. The Morgan fingerprint density at radius 3 is 2.67 bits per heavy atom. The Hall–Kier alpha value is -0.770. The minimum Gasteiger partial charge on any atom is -0.392 e. The van der Waals surface area contributed by atoms with Gasteiger partial charge in [-0.2, -0.15) is 0 Å². The zero-order valence-corrected chi connectivity index (χ0v) is 14.4. The third-order valence-electron chi connectivity index (χ3n) is 4.70. The number of nitrogens with one attached hydrogen (secondary N) is 1. The van der Waals surface area contributed by atoms with Crippen molar-refractivity contribution in [3.05, 3.63) is 0 Å². The van der Waals surface area contributed by atoms with Crippen molar-refractivity contribution in [1.82, 2.24) is 5.32 Å². The molecule has 1 aliphatic carbocycles. The number of aliphatic imine (C=N–C) groups is 1. The number of nitrogens with two attached hydrogens (primary N) is 1. The molecule has 0 bridgehead atoms. The van der Waals surface area contributed by atoms with Gasteiger partial charge in [0.25, 0.3) is 0 Å². The van der Waals surface area contributed by atoms with E-state index in [0.717, 1.165) is 31.6 Å². The summed E-state index contributed by atoms with van der Waals surface area (Å²) in [6.07, 6.45) is 7.59. The summed E-state index contributed by atoms with van der Waals surface area (Å²) < 4.78 is 0. The summed E-state index contributed by atoms with van der Waals surface area (Å²) in [5.74, 6) is 1.28. The molecule has 0 saturated heterocycles. The fourth-order valence-electron chi connectivity index (χ4n) is 3.03. The summed E-state index contributed by atoms with van der Waals surface area (Å²) in [5, 5.41) is 13.4. The van der Waals surface area contributed by atoms with E-state index in [2.05, 4.69) is 38.0 Å². The van der Waals surface area contributed by atoms with E-state index < -0.39 is 0 Å². The van der Waals surface area contributed by atoms with Crippen LogP contribution in [0, 0.1) is 11.3 Å². The van der Waals surface area contributed by atoms with Gasteiger partial charge >= 0.3 is 0 Å². The lowest BCUT2D eigenvalue weighted by molar-refractivity contribution is 0.00719. The van der Waals surface area contributed by atoms with Crippen LogP contribution in [0.5, 0.6) is 0 Å². The highest BCUT2D eigenvalue weighted by Gasteiger charge is 2.35. The molecule has 0 heterocycles. The fraction of sp³-hybridized carbons (Fsp3) is 0.941.